The van der Waals surface area contributed by atoms with Crippen molar-refractivity contribution in [3.63, 3.8) is 0 Å². The van der Waals surface area contributed by atoms with Crippen LogP contribution in [0.4, 0.5) is 0 Å². The van der Waals surface area contributed by atoms with Gasteiger partial charge in [-0.3, -0.25) is 0 Å². The van der Waals surface area contributed by atoms with Crippen LogP contribution in [0.25, 0.3) is 11.2 Å². The SMILES string of the molecule is COCCCCCn1c(CCl)nc2c(C)ccnc21. The number of rotatable bonds is 7. The van der Waals surface area contributed by atoms with Crippen LogP contribution >= 0.6 is 11.6 Å². The molecule has 0 spiro atoms. The Labute approximate surface area is 118 Å². The van der Waals surface area contributed by atoms with Crippen LogP contribution in [0.5, 0.6) is 0 Å². The van der Waals surface area contributed by atoms with Crippen molar-refractivity contribution in [3.05, 3.63) is 23.7 Å². The normalized spacial score (nSPS) is 11.3. The number of nitrogens with zero attached hydrogens (tertiary/aromatic N) is 3. The highest BCUT2D eigenvalue weighted by molar-refractivity contribution is 6.16. The van der Waals surface area contributed by atoms with E-state index in [0.29, 0.717) is 5.88 Å². The lowest BCUT2D eigenvalue weighted by molar-refractivity contribution is 0.191. The fourth-order valence-corrected chi connectivity index (χ4v) is 2.42. The molecule has 2 aromatic heterocycles. The molecule has 0 atom stereocenters. The van der Waals surface area contributed by atoms with Crippen molar-refractivity contribution in [1.29, 1.82) is 0 Å². The summed E-state index contributed by atoms with van der Waals surface area (Å²) in [6.45, 7) is 3.79. The molecule has 2 rings (SSSR count). The third-order valence-electron chi connectivity index (χ3n) is 3.26. The largest absolute Gasteiger partial charge is 0.385 e. The highest BCUT2D eigenvalue weighted by Crippen LogP contribution is 2.19. The monoisotopic (exact) mass is 281 g/mol. The summed E-state index contributed by atoms with van der Waals surface area (Å²) in [5, 5.41) is 0. The molecule has 0 bridgehead atoms. The molecule has 0 aliphatic rings. The quantitative estimate of drug-likeness (QED) is 0.577. The lowest BCUT2D eigenvalue weighted by atomic mass is 10.2. The molecule has 0 fully saturated rings. The fraction of sp³-hybridized carbons (Fsp3) is 0.571. The molecule has 0 unspecified atom stereocenters. The number of methoxy groups -OCH3 is 1. The summed E-state index contributed by atoms with van der Waals surface area (Å²) in [5.74, 6) is 1.33. The van der Waals surface area contributed by atoms with Gasteiger partial charge in [-0.15, -0.1) is 11.6 Å². The van der Waals surface area contributed by atoms with Gasteiger partial charge in [-0.05, 0) is 37.8 Å². The van der Waals surface area contributed by atoms with Gasteiger partial charge in [0.05, 0.1) is 5.88 Å². The van der Waals surface area contributed by atoms with E-state index in [2.05, 4.69) is 21.5 Å². The van der Waals surface area contributed by atoms with E-state index >= 15 is 0 Å². The number of fused-ring (bicyclic) bond motifs is 1. The third-order valence-corrected chi connectivity index (χ3v) is 3.50. The summed E-state index contributed by atoms with van der Waals surface area (Å²) in [7, 11) is 1.74. The Bertz CT molecular complexity index is 539. The standard InChI is InChI=1S/C14H20ClN3O/c1-11-6-7-16-14-13(11)17-12(10-15)18(14)8-4-3-5-9-19-2/h6-7H,3-5,8-10H2,1-2H3. The van der Waals surface area contributed by atoms with E-state index in [1.54, 1.807) is 7.11 Å². The van der Waals surface area contributed by atoms with Gasteiger partial charge in [0.2, 0.25) is 0 Å². The molecule has 0 saturated carbocycles. The second-order valence-electron chi connectivity index (χ2n) is 4.67. The molecule has 0 radical (unpaired) electrons. The molecule has 104 valence electrons. The number of aromatic nitrogens is 3. The summed E-state index contributed by atoms with van der Waals surface area (Å²) >= 11 is 5.99. The van der Waals surface area contributed by atoms with E-state index in [1.165, 1.54) is 0 Å². The minimum Gasteiger partial charge on any atom is -0.385 e. The van der Waals surface area contributed by atoms with Crippen molar-refractivity contribution < 1.29 is 4.74 Å². The number of aryl methyl sites for hydroxylation is 2. The Balaban J connectivity index is 2.14. The molecule has 19 heavy (non-hydrogen) atoms. The first-order chi connectivity index (χ1) is 9.27. The summed E-state index contributed by atoms with van der Waals surface area (Å²) in [5.41, 5.74) is 3.06. The minimum absolute atomic E-state index is 0.424. The minimum atomic E-state index is 0.424. The molecule has 0 N–H and O–H groups in total. The average molecular weight is 282 g/mol. The van der Waals surface area contributed by atoms with Gasteiger partial charge in [0, 0.05) is 26.5 Å². The number of pyridine rings is 1. The van der Waals surface area contributed by atoms with Crippen LogP contribution in [-0.2, 0) is 17.2 Å². The number of hydrogen-bond acceptors (Lipinski definition) is 3. The molecule has 2 aromatic rings. The Hall–Kier alpha value is -1.13. The lowest BCUT2D eigenvalue weighted by Gasteiger charge is -2.07. The van der Waals surface area contributed by atoms with Crippen LogP contribution in [0.2, 0.25) is 0 Å². The second-order valence-corrected chi connectivity index (χ2v) is 4.93. The van der Waals surface area contributed by atoms with E-state index in [9.17, 15) is 0 Å². The molecule has 0 aliphatic carbocycles. The second kappa shape index (κ2) is 6.87. The molecular weight excluding hydrogens is 262 g/mol. The zero-order chi connectivity index (χ0) is 13.7. The van der Waals surface area contributed by atoms with Crippen LogP contribution in [0.3, 0.4) is 0 Å². The first-order valence-electron chi connectivity index (χ1n) is 6.63. The Morgan fingerprint density at radius 1 is 1.32 bits per heavy atom. The Morgan fingerprint density at radius 2 is 2.16 bits per heavy atom. The predicted molar refractivity (Wildman–Crippen MR) is 77.5 cm³/mol. The maximum Gasteiger partial charge on any atom is 0.160 e. The van der Waals surface area contributed by atoms with Crippen molar-refractivity contribution in [2.24, 2.45) is 0 Å². The van der Waals surface area contributed by atoms with Crippen LogP contribution in [0.15, 0.2) is 12.3 Å². The van der Waals surface area contributed by atoms with Crippen LogP contribution in [0, 0.1) is 6.92 Å². The number of imidazole rings is 1. The number of ether oxygens (including phenoxy) is 1. The first-order valence-corrected chi connectivity index (χ1v) is 7.17. The molecule has 0 aromatic carbocycles. The van der Waals surface area contributed by atoms with Crippen LogP contribution < -0.4 is 0 Å². The summed E-state index contributed by atoms with van der Waals surface area (Å²) in [4.78, 5) is 9.03. The van der Waals surface area contributed by atoms with E-state index in [4.69, 9.17) is 16.3 Å². The molecule has 0 saturated heterocycles. The Kier molecular flexibility index (Phi) is 5.16. The van der Waals surface area contributed by atoms with Gasteiger partial charge in [-0.1, -0.05) is 0 Å². The fourth-order valence-electron chi connectivity index (χ4n) is 2.21. The predicted octanol–water partition coefficient (Wildman–Crippen LogP) is 3.30. The highest BCUT2D eigenvalue weighted by Gasteiger charge is 2.12. The topological polar surface area (TPSA) is 39.9 Å². The third kappa shape index (κ3) is 3.25. The average Bonchev–Trinajstić information content (AvgIpc) is 2.78. The molecule has 2 heterocycles. The van der Waals surface area contributed by atoms with Crippen molar-refractivity contribution in [2.75, 3.05) is 13.7 Å². The van der Waals surface area contributed by atoms with Crippen molar-refractivity contribution in [1.82, 2.24) is 14.5 Å². The van der Waals surface area contributed by atoms with Gasteiger partial charge in [0.1, 0.15) is 11.3 Å². The summed E-state index contributed by atoms with van der Waals surface area (Å²) in [6, 6.07) is 1.98. The molecule has 5 heteroatoms. The van der Waals surface area contributed by atoms with Gasteiger partial charge in [-0.2, -0.15) is 0 Å². The zero-order valence-corrected chi connectivity index (χ0v) is 12.3. The smallest absolute Gasteiger partial charge is 0.160 e. The van der Waals surface area contributed by atoms with Crippen LogP contribution in [-0.4, -0.2) is 28.3 Å². The maximum atomic E-state index is 5.99. The molecular formula is C14H20ClN3O. The van der Waals surface area contributed by atoms with Crippen LogP contribution in [0.1, 0.15) is 30.7 Å². The number of hydrogen-bond donors (Lipinski definition) is 0. The van der Waals surface area contributed by atoms with Gasteiger partial charge in [-0.25, -0.2) is 9.97 Å². The van der Waals surface area contributed by atoms with E-state index in [0.717, 1.165) is 55.0 Å². The van der Waals surface area contributed by atoms with E-state index < -0.39 is 0 Å². The Morgan fingerprint density at radius 3 is 2.89 bits per heavy atom. The number of alkyl halides is 1. The summed E-state index contributed by atoms with van der Waals surface area (Å²) in [6.07, 6.45) is 5.15. The van der Waals surface area contributed by atoms with Gasteiger partial charge >= 0.3 is 0 Å². The molecule has 4 nitrogen and oxygen atoms in total. The van der Waals surface area contributed by atoms with Crippen molar-refractivity contribution in [3.8, 4) is 0 Å². The molecule has 0 aliphatic heterocycles. The molecule has 0 amide bonds. The zero-order valence-electron chi connectivity index (χ0n) is 11.5. The highest BCUT2D eigenvalue weighted by atomic mass is 35.5. The maximum absolute atomic E-state index is 5.99. The van der Waals surface area contributed by atoms with Gasteiger partial charge in [0.25, 0.3) is 0 Å². The lowest BCUT2D eigenvalue weighted by Crippen LogP contribution is -2.04. The van der Waals surface area contributed by atoms with Crippen molar-refractivity contribution >= 4 is 22.8 Å². The summed E-state index contributed by atoms with van der Waals surface area (Å²) < 4.78 is 7.20. The van der Waals surface area contributed by atoms with Gasteiger partial charge in [0.15, 0.2) is 5.65 Å². The number of halogens is 1. The van der Waals surface area contributed by atoms with Crippen molar-refractivity contribution in [2.45, 2.75) is 38.6 Å². The van der Waals surface area contributed by atoms with Gasteiger partial charge < -0.3 is 9.30 Å². The van der Waals surface area contributed by atoms with E-state index in [-0.39, 0.29) is 0 Å². The number of unbranched alkanes of at least 4 members (excludes halogenated alkanes) is 2. The first kappa shape index (κ1) is 14.3. The van der Waals surface area contributed by atoms with E-state index in [1.807, 2.05) is 12.3 Å².